The molecule has 28 heavy (non-hydrogen) atoms. The number of rotatable bonds is 4. The summed E-state index contributed by atoms with van der Waals surface area (Å²) in [6.45, 7) is 2.46. The van der Waals surface area contributed by atoms with Crippen molar-refractivity contribution in [1.82, 2.24) is 4.90 Å². The van der Waals surface area contributed by atoms with Gasteiger partial charge in [-0.25, -0.2) is 8.78 Å². The maximum Gasteiger partial charge on any atom is 0.257 e. The van der Waals surface area contributed by atoms with E-state index in [1.54, 1.807) is 6.07 Å². The molecule has 5 nitrogen and oxygen atoms in total. The third-order valence-corrected chi connectivity index (χ3v) is 4.98. The highest BCUT2D eigenvalue weighted by Crippen LogP contribution is 2.28. The van der Waals surface area contributed by atoms with Gasteiger partial charge in [-0.05, 0) is 24.6 Å². The van der Waals surface area contributed by atoms with Crippen LogP contribution in [0.5, 0.6) is 5.75 Å². The van der Waals surface area contributed by atoms with Crippen molar-refractivity contribution >= 4 is 11.7 Å². The summed E-state index contributed by atoms with van der Waals surface area (Å²) in [5.74, 6) is -1.26. The molecule has 2 heterocycles. The van der Waals surface area contributed by atoms with E-state index in [0.29, 0.717) is 30.0 Å². The maximum atomic E-state index is 14.3. The van der Waals surface area contributed by atoms with E-state index >= 15 is 0 Å². The van der Waals surface area contributed by atoms with Crippen molar-refractivity contribution in [3.63, 3.8) is 0 Å². The molecule has 1 amide bonds. The molecule has 0 aliphatic carbocycles. The van der Waals surface area contributed by atoms with Crippen molar-refractivity contribution < 1.29 is 27.8 Å². The van der Waals surface area contributed by atoms with Gasteiger partial charge in [0, 0.05) is 36.7 Å². The molecule has 0 aromatic heterocycles. The second-order valence-corrected chi connectivity index (χ2v) is 7.18. The number of Topliss-reactive ketones (excluding diaryl/α,β-unsaturated/α-hetero) is 1. The number of nitrogens with zero attached hydrogens (tertiary/aromatic N) is 1. The fourth-order valence-electron chi connectivity index (χ4n) is 3.31. The molecule has 146 valence electrons. The van der Waals surface area contributed by atoms with Gasteiger partial charge in [-0.3, -0.25) is 9.59 Å². The molecule has 2 aromatic carbocycles. The number of halogens is 2. The number of likely N-dealkylation sites (tertiary alicyclic amines) is 1. The van der Waals surface area contributed by atoms with Crippen LogP contribution in [-0.2, 0) is 22.6 Å². The second-order valence-electron chi connectivity index (χ2n) is 7.18. The number of ketones is 1. The summed E-state index contributed by atoms with van der Waals surface area (Å²) in [4.78, 5) is 25.5. The van der Waals surface area contributed by atoms with Crippen LogP contribution in [0, 0.1) is 18.6 Å². The monoisotopic (exact) mass is 387 g/mol. The van der Waals surface area contributed by atoms with E-state index in [-0.39, 0.29) is 42.9 Å². The Kier molecular flexibility index (Phi) is 4.85. The van der Waals surface area contributed by atoms with Crippen LogP contribution in [0.15, 0.2) is 30.3 Å². The number of carbonyl (C=O) groups excluding carboxylic acids is 2. The summed E-state index contributed by atoms with van der Waals surface area (Å²) in [7, 11) is 0. The van der Waals surface area contributed by atoms with Gasteiger partial charge in [-0.2, -0.15) is 0 Å². The van der Waals surface area contributed by atoms with E-state index in [1.165, 1.54) is 17.0 Å². The van der Waals surface area contributed by atoms with Crippen LogP contribution >= 0.6 is 0 Å². The molecule has 0 spiro atoms. The fraction of sp³-hybridized carbons (Fsp3) is 0.333. The zero-order valence-corrected chi connectivity index (χ0v) is 15.3. The van der Waals surface area contributed by atoms with Crippen molar-refractivity contribution in [3.05, 3.63) is 64.2 Å². The largest absolute Gasteiger partial charge is 0.485 e. The van der Waals surface area contributed by atoms with Crippen LogP contribution in [0.4, 0.5) is 8.78 Å². The summed E-state index contributed by atoms with van der Waals surface area (Å²) < 4.78 is 39.0. The lowest BCUT2D eigenvalue weighted by atomic mass is 10.0. The molecule has 7 heteroatoms. The van der Waals surface area contributed by atoms with E-state index in [4.69, 9.17) is 9.47 Å². The number of hydrogen-bond donors (Lipinski definition) is 0. The minimum atomic E-state index is -0.677. The molecule has 4 rings (SSSR count). The van der Waals surface area contributed by atoms with Crippen molar-refractivity contribution in [3.8, 4) is 5.75 Å². The molecule has 0 N–H and O–H groups in total. The molecule has 1 fully saturated rings. The zero-order chi connectivity index (χ0) is 19.8. The predicted octanol–water partition coefficient (Wildman–Crippen LogP) is 2.82. The first-order chi connectivity index (χ1) is 13.4. The Balaban J connectivity index is 1.36. The Labute approximate surface area is 160 Å². The number of amides is 1. The van der Waals surface area contributed by atoms with Crippen molar-refractivity contribution in [2.45, 2.75) is 26.1 Å². The van der Waals surface area contributed by atoms with Gasteiger partial charge in [0.2, 0.25) is 0 Å². The number of hydrogen-bond acceptors (Lipinski definition) is 4. The van der Waals surface area contributed by atoms with E-state index < -0.39 is 11.7 Å². The third kappa shape index (κ3) is 3.62. The van der Waals surface area contributed by atoms with Crippen molar-refractivity contribution in [1.29, 1.82) is 0 Å². The Bertz CT molecular complexity index is 954. The van der Waals surface area contributed by atoms with Crippen LogP contribution in [0.25, 0.3) is 0 Å². The lowest BCUT2D eigenvalue weighted by Gasteiger charge is -2.39. The van der Waals surface area contributed by atoms with Crippen LogP contribution in [0.1, 0.15) is 27.0 Å². The van der Waals surface area contributed by atoms with Crippen LogP contribution < -0.4 is 4.74 Å². The van der Waals surface area contributed by atoms with Crippen molar-refractivity contribution in [2.75, 3.05) is 19.7 Å². The van der Waals surface area contributed by atoms with Gasteiger partial charge >= 0.3 is 0 Å². The number of benzene rings is 2. The first-order valence-electron chi connectivity index (χ1n) is 9.03. The highest BCUT2D eigenvalue weighted by Gasteiger charge is 2.34. The topological polar surface area (TPSA) is 55.8 Å². The van der Waals surface area contributed by atoms with Gasteiger partial charge in [0.1, 0.15) is 24.0 Å². The fourth-order valence-corrected chi connectivity index (χ4v) is 3.31. The van der Waals surface area contributed by atoms with E-state index in [1.807, 2.05) is 13.0 Å². The zero-order valence-electron chi connectivity index (χ0n) is 15.3. The normalized spacial score (nSPS) is 16.4. The molecule has 0 radical (unpaired) electrons. The summed E-state index contributed by atoms with van der Waals surface area (Å²) in [6, 6.07) is 7.48. The molecule has 0 unspecified atom stereocenters. The average Bonchev–Trinajstić information content (AvgIpc) is 2.61. The van der Waals surface area contributed by atoms with Crippen molar-refractivity contribution in [2.24, 2.45) is 0 Å². The smallest absolute Gasteiger partial charge is 0.257 e. The lowest BCUT2D eigenvalue weighted by molar-refractivity contribution is -0.121. The number of fused-ring (bicyclic) bond motifs is 1. The quantitative estimate of drug-likeness (QED) is 0.810. The number of aryl methyl sites for hydroxylation is 1. The van der Waals surface area contributed by atoms with Gasteiger partial charge < -0.3 is 14.4 Å². The summed E-state index contributed by atoms with van der Waals surface area (Å²) in [6.07, 6.45) is -0.0979. The van der Waals surface area contributed by atoms with Gasteiger partial charge in [0.25, 0.3) is 5.91 Å². The molecule has 1 saturated heterocycles. The lowest BCUT2D eigenvalue weighted by Crippen LogP contribution is -2.54. The SMILES string of the molecule is Cc1ccc(COC2CN(C(=O)c3cc4c(cc3F)OCC(=O)C4)C2)c(F)c1. The Hall–Kier alpha value is -2.80. The highest BCUT2D eigenvalue weighted by atomic mass is 19.1. The molecular formula is C21H19F2NO4. The molecular weight excluding hydrogens is 368 g/mol. The van der Waals surface area contributed by atoms with Gasteiger partial charge in [0.15, 0.2) is 5.78 Å². The molecule has 2 aliphatic rings. The van der Waals surface area contributed by atoms with E-state index in [2.05, 4.69) is 0 Å². The Morgan fingerprint density at radius 1 is 1.21 bits per heavy atom. The molecule has 0 saturated carbocycles. The minimum absolute atomic E-state index is 0.0769. The first kappa shape index (κ1) is 18.6. The summed E-state index contributed by atoms with van der Waals surface area (Å²) >= 11 is 0. The number of ether oxygens (including phenoxy) is 2. The third-order valence-electron chi connectivity index (χ3n) is 4.98. The van der Waals surface area contributed by atoms with Crippen LogP contribution in [0.3, 0.4) is 0 Å². The second kappa shape index (κ2) is 7.31. The highest BCUT2D eigenvalue weighted by molar-refractivity contribution is 5.96. The van der Waals surface area contributed by atoms with Gasteiger partial charge in [-0.15, -0.1) is 0 Å². The molecule has 0 bridgehead atoms. The predicted molar refractivity (Wildman–Crippen MR) is 96.2 cm³/mol. The maximum absolute atomic E-state index is 14.3. The van der Waals surface area contributed by atoms with Gasteiger partial charge in [0.05, 0.1) is 18.3 Å². The van der Waals surface area contributed by atoms with E-state index in [9.17, 15) is 18.4 Å². The van der Waals surface area contributed by atoms with E-state index in [0.717, 1.165) is 11.6 Å². The average molecular weight is 387 g/mol. The minimum Gasteiger partial charge on any atom is -0.485 e. The number of carbonyl (C=O) groups is 2. The molecule has 2 aromatic rings. The standard InChI is InChI=1S/C21H19F2NO4/c1-12-2-3-13(18(22)4-12)10-27-16-8-24(9-16)21(26)17-6-14-5-15(25)11-28-20(14)7-19(17)23/h2-4,6-7,16H,5,8-11H2,1H3. The van der Waals surface area contributed by atoms with Crippen LogP contribution in [0.2, 0.25) is 0 Å². The van der Waals surface area contributed by atoms with Crippen LogP contribution in [-0.4, -0.2) is 42.4 Å². The first-order valence-corrected chi connectivity index (χ1v) is 9.03. The summed E-state index contributed by atoms with van der Waals surface area (Å²) in [5.41, 5.74) is 1.73. The van der Waals surface area contributed by atoms with Gasteiger partial charge in [-0.1, -0.05) is 12.1 Å². The molecule has 0 atom stereocenters. The Morgan fingerprint density at radius 3 is 2.75 bits per heavy atom. The molecule has 2 aliphatic heterocycles. The summed E-state index contributed by atoms with van der Waals surface area (Å²) in [5, 5.41) is 0. The Morgan fingerprint density at radius 2 is 2.00 bits per heavy atom.